The van der Waals surface area contributed by atoms with Gasteiger partial charge in [-0.1, -0.05) is 30.3 Å². The van der Waals surface area contributed by atoms with E-state index in [4.69, 9.17) is 4.98 Å². The third-order valence-corrected chi connectivity index (χ3v) is 4.96. The smallest absolute Gasteiger partial charge is 0.253 e. The molecular weight excluding hydrogens is 336 g/mol. The van der Waals surface area contributed by atoms with Gasteiger partial charge in [-0.25, -0.2) is 4.98 Å². The maximum atomic E-state index is 12.6. The number of benzene rings is 2. The van der Waals surface area contributed by atoms with Crippen LogP contribution in [0.3, 0.4) is 0 Å². The van der Waals surface area contributed by atoms with E-state index in [1.54, 1.807) is 0 Å². The Labute approximate surface area is 158 Å². The lowest BCUT2D eigenvalue weighted by atomic mass is 10.1. The first-order valence-electron chi connectivity index (χ1n) is 9.06. The number of hydrogen-bond acceptors (Lipinski definition) is 4. The largest absolute Gasteiger partial charge is 0.352 e. The number of amides is 1. The minimum Gasteiger partial charge on any atom is -0.352 e. The van der Waals surface area contributed by atoms with Crippen molar-refractivity contribution in [2.75, 3.05) is 31.1 Å². The second-order valence-electron chi connectivity index (χ2n) is 6.81. The summed E-state index contributed by atoms with van der Waals surface area (Å²) in [6.45, 7) is 4.60. The van der Waals surface area contributed by atoms with E-state index in [1.165, 1.54) is 0 Å². The lowest BCUT2D eigenvalue weighted by Crippen LogP contribution is -2.49. The summed E-state index contributed by atoms with van der Waals surface area (Å²) in [7, 11) is 0. The Morgan fingerprint density at radius 2 is 1.78 bits per heavy atom. The molecule has 2 heterocycles. The summed E-state index contributed by atoms with van der Waals surface area (Å²) in [5.41, 5.74) is 3.33. The third-order valence-electron chi connectivity index (χ3n) is 4.96. The quantitative estimate of drug-likeness (QED) is 0.706. The molecule has 1 aliphatic heterocycles. The first-order chi connectivity index (χ1) is 13.2. The number of anilines is 1. The number of aryl methyl sites for hydroxylation is 1. The summed E-state index contributed by atoms with van der Waals surface area (Å²) in [5.74, 6) is 0.764. The fraction of sp³-hybridized carbons (Fsp3) is 0.227. The van der Waals surface area contributed by atoms with Crippen LogP contribution in [-0.2, 0) is 0 Å². The van der Waals surface area contributed by atoms with Gasteiger partial charge in [-0.2, -0.15) is 5.26 Å². The second kappa shape index (κ2) is 7.08. The Bertz CT molecular complexity index is 1030. The summed E-state index contributed by atoms with van der Waals surface area (Å²) < 4.78 is 0. The third kappa shape index (κ3) is 3.34. The highest BCUT2D eigenvalue weighted by atomic mass is 16.2. The predicted molar refractivity (Wildman–Crippen MR) is 106 cm³/mol. The molecule has 27 heavy (non-hydrogen) atoms. The molecule has 3 aromatic rings. The standard InChI is InChI=1S/C22H20N4O/c1-16-7-8-18-14-19(15-23)21(24-20(18)13-16)25-9-11-26(12-10-25)22(27)17-5-3-2-4-6-17/h2-8,13-14H,9-12H2,1H3. The molecule has 5 heteroatoms. The summed E-state index contributed by atoms with van der Waals surface area (Å²) in [6, 6.07) is 19.6. The zero-order valence-corrected chi connectivity index (χ0v) is 15.2. The maximum absolute atomic E-state index is 12.6. The van der Waals surface area contributed by atoms with Crippen molar-refractivity contribution in [2.24, 2.45) is 0 Å². The van der Waals surface area contributed by atoms with Crippen LogP contribution < -0.4 is 4.90 Å². The lowest BCUT2D eigenvalue weighted by molar-refractivity contribution is 0.0746. The average Bonchev–Trinajstić information content (AvgIpc) is 2.73. The van der Waals surface area contributed by atoms with Crippen LogP contribution in [0, 0.1) is 18.3 Å². The monoisotopic (exact) mass is 356 g/mol. The number of aromatic nitrogens is 1. The number of pyridine rings is 1. The van der Waals surface area contributed by atoms with Crippen LogP contribution in [0.1, 0.15) is 21.5 Å². The highest BCUT2D eigenvalue weighted by Gasteiger charge is 2.24. The first kappa shape index (κ1) is 17.0. The van der Waals surface area contributed by atoms with Crippen LogP contribution in [0.25, 0.3) is 10.9 Å². The maximum Gasteiger partial charge on any atom is 0.253 e. The second-order valence-corrected chi connectivity index (χ2v) is 6.81. The molecule has 1 aliphatic rings. The summed E-state index contributed by atoms with van der Waals surface area (Å²) in [4.78, 5) is 21.3. The topological polar surface area (TPSA) is 60.2 Å². The Hall–Kier alpha value is -3.39. The highest BCUT2D eigenvalue weighted by Crippen LogP contribution is 2.25. The fourth-order valence-electron chi connectivity index (χ4n) is 3.47. The van der Waals surface area contributed by atoms with Gasteiger partial charge in [-0.05, 0) is 36.8 Å². The van der Waals surface area contributed by atoms with E-state index >= 15 is 0 Å². The van der Waals surface area contributed by atoms with Crippen LogP contribution in [-0.4, -0.2) is 42.0 Å². The van der Waals surface area contributed by atoms with Gasteiger partial charge in [0.2, 0.25) is 0 Å². The fourth-order valence-corrected chi connectivity index (χ4v) is 3.47. The van der Waals surface area contributed by atoms with E-state index in [-0.39, 0.29) is 5.91 Å². The molecule has 0 atom stereocenters. The molecule has 134 valence electrons. The number of carbonyl (C=O) groups excluding carboxylic acids is 1. The molecule has 0 aliphatic carbocycles. The molecule has 0 spiro atoms. The Morgan fingerprint density at radius 1 is 1.04 bits per heavy atom. The number of fused-ring (bicyclic) bond motifs is 1. The number of nitrogens with zero attached hydrogens (tertiary/aromatic N) is 4. The number of carbonyl (C=O) groups is 1. The Kier molecular flexibility index (Phi) is 4.47. The van der Waals surface area contributed by atoms with Crippen LogP contribution in [0.2, 0.25) is 0 Å². The molecule has 0 radical (unpaired) electrons. The van der Waals surface area contributed by atoms with E-state index < -0.39 is 0 Å². The molecule has 2 aromatic carbocycles. The van der Waals surface area contributed by atoms with Crippen molar-refractivity contribution in [3.8, 4) is 6.07 Å². The molecular formula is C22H20N4O. The van der Waals surface area contributed by atoms with Crippen molar-refractivity contribution in [1.82, 2.24) is 9.88 Å². The van der Waals surface area contributed by atoms with Gasteiger partial charge in [0.1, 0.15) is 11.9 Å². The molecule has 1 aromatic heterocycles. The van der Waals surface area contributed by atoms with Crippen LogP contribution in [0.4, 0.5) is 5.82 Å². The molecule has 0 bridgehead atoms. The lowest BCUT2D eigenvalue weighted by Gasteiger charge is -2.35. The van der Waals surface area contributed by atoms with Gasteiger partial charge >= 0.3 is 0 Å². The van der Waals surface area contributed by atoms with Crippen LogP contribution in [0.15, 0.2) is 54.6 Å². The molecule has 5 nitrogen and oxygen atoms in total. The van der Waals surface area contributed by atoms with Crippen molar-refractivity contribution < 1.29 is 4.79 Å². The van der Waals surface area contributed by atoms with Crippen LogP contribution >= 0.6 is 0 Å². The van der Waals surface area contributed by atoms with E-state index in [9.17, 15) is 10.1 Å². The van der Waals surface area contributed by atoms with Crippen molar-refractivity contribution in [3.05, 3.63) is 71.3 Å². The zero-order valence-electron chi connectivity index (χ0n) is 15.2. The van der Waals surface area contributed by atoms with Gasteiger partial charge in [0, 0.05) is 37.1 Å². The molecule has 4 rings (SSSR count). The van der Waals surface area contributed by atoms with Gasteiger partial charge in [-0.15, -0.1) is 0 Å². The van der Waals surface area contributed by atoms with E-state index in [0.717, 1.165) is 16.5 Å². The number of piperazine rings is 1. The van der Waals surface area contributed by atoms with Gasteiger partial charge in [-0.3, -0.25) is 4.79 Å². The SMILES string of the molecule is Cc1ccc2cc(C#N)c(N3CCN(C(=O)c4ccccc4)CC3)nc2c1. The summed E-state index contributed by atoms with van der Waals surface area (Å²) >= 11 is 0. The molecule has 1 fully saturated rings. The zero-order chi connectivity index (χ0) is 18.8. The van der Waals surface area contributed by atoms with Crippen molar-refractivity contribution in [1.29, 1.82) is 5.26 Å². The molecule has 0 N–H and O–H groups in total. The average molecular weight is 356 g/mol. The molecule has 1 amide bonds. The van der Waals surface area contributed by atoms with Gasteiger partial charge in [0.05, 0.1) is 11.1 Å². The van der Waals surface area contributed by atoms with Crippen LogP contribution in [0.5, 0.6) is 0 Å². The Balaban J connectivity index is 1.56. The molecule has 0 unspecified atom stereocenters. The number of rotatable bonds is 2. The van der Waals surface area contributed by atoms with E-state index in [2.05, 4.69) is 11.0 Å². The van der Waals surface area contributed by atoms with Crippen molar-refractivity contribution in [3.63, 3.8) is 0 Å². The first-order valence-corrected chi connectivity index (χ1v) is 9.06. The summed E-state index contributed by atoms with van der Waals surface area (Å²) in [5, 5.41) is 10.5. The number of hydrogen-bond donors (Lipinski definition) is 0. The van der Waals surface area contributed by atoms with E-state index in [1.807, 2.05) is 66.4 Å². The molecule has 1 saturated heterocycles. The minimum atomic E-state index is 0.0536. The van der Waals surface area contributed by atoms with Gasteiger partial charge in [0.15, 0.2) is 0 Å². The van der Waals surface area contributed by atoms with Gasteiger partial charge in [0.25, 0.3) is 5.91 Å². The summed E-state index contributed by atoms with van der Waals surface area (Å²) in [6.07, 6.45) is 0. The highest BCUT2D eigenvalue weighted by molar-refractivity contribution is 5.94. The molecule has 0 saturated carbocycles. The van der Waals surface area contributed by atoms with E-state index in [0.29, 0.717) is 43.1 Å². The van der Waals surface area contributed by atoms with Gasteiger partial charge < -0.3 is 9.80 Å². The van der Waals surface area contributed by atoms with Crippen molar-refractivity contribution in [2.45, 2.75) is 6.92 Å². The minimum absolute atomic E-state index is 0.0536. The number of nitriles is 1. The predicted octanol–water partition coefficient (Wildman–Crippen LogP) is 3.38. The van der Waals surface area contributed by atoms with Crippen molar-refractivity contribution >= 4 is 22.6 Å². The Morgan fingerprint density at radius 3 is 2.48 bits per heavy atom. The normalized spacial score (nSPS) is 14.2.